The van der Waals surface area contributed by atoms with Crippen LogP contribution in [0.3, 0.4) is 0 Å². The number of nitrogens with one attached hydrogen (secondary N) is 1. The highest BCUT2D eigenvalue weighted by atomic mass is 19.3. The first kappa shape index (κ1) is 13.4. The summed E-state index contributed by atoms with van der Waals surface area (Å²) in [6.07, 6.45) is 0.243. The van der Waals surface area contributed by atoms with Crippen molar-refractivity contribution in [2.45, 2.75) is 38.4 Å². The lowest BCUT2D eigenvalue weighted by Gasteiger charge is -2.18. The molecule has 0 aliphatic heterocycles. The van der Waals surface area contributed by atoms with Crippen molar-refractivity contribution in [1.82, 2.24) is 10.2 Å². The van der Waals surface area contributed by atoms with E-state index in [0.717, 1.165) is 12.1 Å². The van der Waals surface area contributed by atoms with Crippen molar-refractivity contribution in [2.75, 3.05) is 13.6 Å². The third kappa shape index (κ3) is 4.35. The van der Waals surface area contributed by atoms with Gasteiger partial charge in [-0.3, -0.25) is 4.90 Å². The molecule has 1 aliphatic rings. The minimum absolute atomic E-state index is 0.176. The molecule has 2 rings (SSSR count). The van der Waals surface area contributed by atoms with E-state index in [9.17, 15) is 8.78 Å². The van der Waals surface area contributed by atoms with E-state index >= 15 is 0 Å². The summed E-state index contributed by atoms with van der Waals surface area (Å²) in [7, 11) is 1.73. The van der Waals surface area contributed by atoms with Gasteiger partial charge in [0.1, 0.15) is 0 Å². The molecule has 18 heavy (non-hydrogen) atoms. The number of rotatable bonds is 7. The van der Waals surface area contributed by atoms with Crippen molar-refractivity contribution in [3.63, 3.8) is 0 Å². The molecule has 0 heterocycles. The monoisotopic (exact) mass is 254 g/mol. The second-order valence-corrected chi connectivity index (χ2v) is 5.01. The number of halogens is 2. The van der Waals surface area contributed by atoms with Gasteiger partial charge in [-0.15, -0.1) is 0 Å². The van der Waals surface area contributed by atoms with Crippen LogP contribution in [0.2, 0.25) is 0 Å². The van der Waals surface area contributed by atoms with Gasteiger partial charge in [-0.2, -0.15) is 0 Å². The van der Waals surface area contributed by atoms with E-state index in [1.807, 2.05) is 18.2 Å². The lowest BCUT2D eigenvalue weighted by atomic mass is 10.1. The summed E-state index contributed by atoms with van der Waals surface area (Å²) in [6, 6.07) is 8.72. The van der Waals surface area contributed by atoms with Gasteiger partial charge < -0.3 is 5.32 Å². The van der Waals surface area contributed by atoms with E-state index in [2.05, 4.69) is 11.4 Å². The Balaban J connectivity index is 1.92. The standard InChI is InChI=1S/C14H20F2N2/c1-18(10-14(15)16)9-12-5-3-2-4-11(12)8-17-13-6-7-13/h2-5,13-14,17H,6-10H2,1H3. The lowest BCUT2D eigenvalue weighted by Crippen LogP contribution is -2.25. The van der Waals surface area contributed by atoms with E-state index < -0.39 is 6.43 Å². The Kier molecular flexibility index (Phi) is 4.66. The average molecular weight is 254 g/mol. The van der Waals surface area contributed by atoms with Crippen LogP contribution < -0.4 is 5.32 Å². The fourth-order valence-electron chi connectivity index (χ4n) is 2.02. The second-order valence-electron chi connectivity index (χ2n) is 5.01. The summed E-state index contributed by atoms with van der Waals surface area (Å²) in [5, 5.41) is 3.46. The van der Waals surface area contributed by atoms with E-state index in [1.165, 1.54) is 18.4 Å². The van der Waals surface area contributed by atoms with E-state index in [-0.39, 0.29) is 6.54 Å². The topological polar surface area (TPSA) is 15.3 Å². The lowest BCUT2D eigenvalue weighted by molar-refractivity contribution is 0.0974. The first-order chi connectivity index (χ1) is 8.65. The van der Waals surface area contributed by atoms with Gasteiger partial charge in [0, 0.05) is 19.1 Å². The maximum Gasteiger partial charge on any atom is 0.251 e. The molecule has 0 radical (unpaired) electrons. The van der Waals surface area contributed by atoms with Crippen LogP contribution in [-0.2, 0) is 13.1 Å². The minimum Gasteiger partial charge on any atom is -0.310 e. The molecule has 1 saturated carbocycles. The molecule has 1 aromatic carbocycles. The predicted octanol–water partition coefficient (Wildman–Crippen LogP) is 2.64. The smallest absolute Gasteiger partial charge is 0.251 e. The molecule has 0 spiro atoms. The maximum atomic E-state index is 12.3. The van der Waals surface area contributed by atoms with Gasteiger partial charge in [0.15, 0.2) is 0 Å². The zero-order valence-electron chi connectivity index (χ0n) is 10.7. The van der Waals surface area contributed by atoms with Crippen LogP contribution in [0.4, 0.5) is 8.78 Å². The highest BCUT2D eigenvalue weighted by Gasteiger charge is 2.20. The molecule has 2 nitrogen and oxygen atoms in total. The van der Waals surface area contributed by atoms with Crippen LogP contribution >= 0.6 is 0 Å². The fourth-order valence-corrected chi connectivity index (χ4v) is 2.02. The van der Waals surface area contributed by atoms with Gasteiger partial charge in [0.25, 0.3) is 6.43 Å². The van der Waals surface area contributed by atoms with Crippen molar-refractivity contribution in [3.05, 3.63) is 35.4 Å². The Labute approximate surface area is 107 Å². The van der Waals surface area contributed by atoms with Crippen molar-refractivity contribution < 1.29 is 8.78 Å². The minimum atomic E-state index is -2.27. The molecule has 1 N–H and O–H groups in total. The maximum absolute atomic E-state index is 12.3. The normalized spacial score (nSPS) is 15.6. The molecule has 1 aromatic rings. The van der Waals surface area contributed by atoms with Gasteiger partial charge in [-0.1, -0.05) is 24.3 Å². The van der Waals surface area contributed by atoms with Gasteiger partial charge in [0.2, 0.25) is 0 Å². The van der Waals surface area contributed by atoms with Crippen LogP contribution in [0, 0.1) is 0 Å². The first-order valence-corrected chi connectivity index (χ1v) is 6.42. The number of benzene rings is 1. The third-order valence-corrected chi connectivity index (χ3v) is 3.17. The average Bonchev–Trinajstić information content (AvgIpc) is 3.10. The van der Waals surface area contributed by atoms with Crippen molar-refractivity contribution in [1.29, 1.82) is 0 Å². The van der Waals surface area contributed by atoms with E-state index in [4.69, 9.17) is 0 Å². The molecule has 0 amide bonds. The highest BCUT2D eigenvalue weighted by molar-refractivity contribution is 5.27. The summed E-state index contributed by atoms with van der Waals surface area (Å²) >= 11 is 0. The number of hydrogen-bond donors (Lipinski definition) is 1. The predicted molar refractivity (Wildman–Crippen MR) is 68.6 cm³/mol. The van der Waals surface area contributed by atoms with Gasteiger partial charge in [-0.25, -0.2) is 8.78 Å². The van der Waals surface area contributed by atoms with Gasteiger partial charge >= 0.3 is 0 Å². The van der Waals surface area contributed by atoms with Crippen LogP contribution in [0.15, 0.2) is 24.3 Å². The first-order valence-electron chi connectivity index (χ1n) is 6.42. The summed E-state index contributed by atoms with van der Waals surface area (Å²) in [6.45, 7) is 1.24. The summed E-state index contributed by atoms with van der Waals surface area (Å²) in [4.78, 5) is 1.67. The Hall–Kier alpha value is -1.00. The number of alkyl halides is 2. The quantitative estimate of drug-likeness (QED) is 0.804. The summed E-state index contributed by atoms with van der Waals surface area (Å²) in [5.41, 5.74) is 2.35. The largest absolute Gasteiger partial charge is 0.310 e. The molecule has 0 unspecified atom stereocenters. The summed E-state index contributed by atoms with van der Waals surface area (Å²) in [5.74, 6) is 0. The molecular weight excluding hydrogens is 234 g/mol. The second kappa shape index (κ2) is 6.25. The van der Waals surface area contributed by atoms with E-state index in [1.54, 1.807) is 11.9 Å². The molecular formula is C14H20F2N2. The van der Waals surface area contributed by atoms with Gasteiger partial charge in [-0.05, 0) is 31.0 Å². The molecule has 4 heteroatoms. The number of hydrogen-bond acceptors (Lipinski definition) is 2. The zero-order chi connectivity index (χ0) is 13.0. The molecule has 0 aromatic heterocycles. The Morgan fingerprint density at radius 2 is 1.94 bits per heavy atom. The molecule has 100 valence electrons. The Bertz CT molecular complexity index is 378. The zero-order valence-corrected chi connectivity index (χ0v) is 10.7. The Morgan fingerprint density at radius 3 is 2.56 bits per heavy atom. The Morgan fingerprint density at radius 1 is 1.28 bits per heavy atom. The molecule has 1 fully saturated rings. The summed E-state index contributed by atoms with van der Waals surface area (Å²) < 4.78 is 24.6. The van der Waals surface area contributed by atoms with Crippen LogP contribution in [0.5, 0.6) is 0 Å². The van der Waals surface area contributed by atoms with E-state index in [0.29, 0.717) is 12.6 Å². The van der Waals surface area contributed by atoms with Crippen LogP contribution in [0.25, 0.3) is 0 Å². The number of nitrogens with zero attached hydrogens (tertiary/aromatic N) is 1. The highest BCUT2D eigenvalue weighted by Crippen LogP contribution is 2.20. The third-order valence-electron chi connectivity index (χ3n) is 3.17. The van der Waals surface area contributed by atoms with Crippen LogP contribution in [-0.4, -0.2) is 31.0 Å². The van der Waals surface area contributed by atoms with Crippen molar-refractivity contribution >= 4 is 0 Å². The van der Waals surface area contributed by atoms with Gasteiger partial charge in [0.05, 0.1) is 6.54 Å². The van der Waals surface area contributed by atoms with Crippen molar-refractivity contribution in [2.24, 2.45) is 0 Å². The molecule has 1 aliphatic carbocycles. The molecule has 0 bridgehead atoms. The van der Waals surface area contributed by atoms with Crippen LogP contribution in [0.1, 0.15) is 24.0 Å². The molecule has 0 saturated heterocycles. The SMILES string of the molecule is CN(Cc1ccccc1CNC1CC1)CC(F)F. The molecule has 0 atom stereocenters. The fraction of sp³-hybridized carbons (Fsp3) is 0.571. The van der Waals surface area contributed by atoms with Crippen molar-refractivity contribution in [3.8, 4) is 0 Å².